The number of rotatable bonds is 4. The van der Waals surface area contributed by atoms with Gasteiger partial charge in [0.25, 0.3) is 0 Å². The predicted octanol–water partition coefficient (Wildman–Crippen LogP) is 1.85. The molecule has 0 aromatic carbocycles. The van der Waals surface area contributed by atoms with E-state index in [2.05, 4.69) is 25.1 Å². The SMILES string of the molecule is Cn1nc(C2CCCN2Cc2nc(-c3ccsc3)no2)nc1N. The van der Waals surface area contributed by atoms with Gasteiger partial charge in [-0.15, -0.1) is 0 Å². The first-order valence-electron chi connectivity index (χ1n) is 7.46. The van der Waals surface area contributed by atoms with Crippen LogP contribution in [0.4, 0.5) is 5.95 Å². The van der Waals surface area contributed by atoms with Crippen LogP contribution in [0.25, 0.3) is 11.4 Å². The number of likely N-dealkylation sites (tertiary alicyclic amines) is 1. The summed E-state index contributed by atoms with van der Waals surface area (Å²) in [6.07, 6.45) is 2.10. The fourth-order valence-corrected chi connectivity index (χ4v) is 3.50. The Bertz CT molecular complexity index is 775. The fourth-order valence-electron chi connectivity index (χ4n) is 2.87. The van der Waals surface area contributed by atoms with E-state index in [1.807, 2.05) is 16.8 Å². The molecule has 4 rings (SSSR count). The normalized spacial score (nSPS) is 18.7. The second-order valence-corrected chi connectivity index (χ2v) is 6.38. The first-order valence-corrected chi connectivity index (χ1v) is 8.40. The molecule has 8 nitrogen and oxygen atoms in total. The first-order chi connectivity index (χ1) is 11.2. The molecule has 0 bridgehead atoms. The molecule has 0 radical (unpaired) electrons. The number of nitrogens with zero attached hydrogens (tertiary/aromatic N) is 6. The number of hydrogen-bond acceptors (Lipinski definition) is 8. The molecule has 1 saturated heterocycles. The van der Waals surface area contributed by atoms with Gasteiger partial charge in [0.1, 0.15) is 0 Å². The van der Waals surface area contributed by atoms with Gasteiger partial charge in [-0.1, -0.05) is 5.16 Å². The molecule has 120 valence electrons. The van der Waals surface area contributed by atoms with Gasteiger partial charge in [0.15, 0.2) is 5.82 Å². The Labute approximate surface area is 136 Å². The molecule has 1 aliphatic heterocycles. The molecule has 1 atom stereocenters. The maximum atomic E-state index is 5.79. The van der Waals surface area contributed by atoms with Gasteiger partial charge < -0.3 is 10.3 Å². The molecule has 3 aromatic heterocycles. The van der Waals surface area contributed by atoms with Crippen molar-refractivity contribution >= 4 is 17.3 Å². The molecule has 0 aliphatic carbocycles. The lowest BCUT2D eigenvalue weighted by Crippen LogP contribution is -2.24. The summed E-state index contributed by atoms with van der Waals surface area (Å²) in [6, 6.07) is 2.13. The Kier molecular flexibility index (Phi) is 3.58. The van der Waals surface area contributed by atoms with Crippen molar-refractivity contribution in [3.8, 4) is 11.4 Å². The van der Waals surface area contributed by atoms with E-state index in [1.165, 1.54) is 0 Å². The highest BCUT2D eigenvalue weighted by molar-refractivity contribution is 7.08. The summed E-state index contributed by atoms with van der Waals surface area (Å²) < 4.78 is 7.00. The Morgan fingerprint density at radius 2 is 2.35 bits per heavy atom. The largest absolute Gasteiger partial charge is 0.368 e. The lowest BCUT2D eigenvalue weighted by Gasteiger charge is -2.19. The van der Waals surface area contributed by atoms with Crippen molar-refractivity contribution in [1.29, 1.82) is 0 Å². The van der Waals surface area contributed by atoms with Crippen LogP contribution in [-0.4, -0.2) is 36.3 Å². The molecule has 23 heavy (non-hydrogen) atoms. The van der Waals surface area contributed by atoms with Gasteiger partial charge in [-0.3, -0.25) is 4.90 Å². The van der Waals surface area contributed by atoms with Crippen LogP contribution in [0.5, 0.6) is 0 Å². The summed E-state index contributed by atoms with van der Waals surface area (Å²) in [5, 5.41) is 12.5. The molecule has 2 N–H and O–H groups in total. The van der Waals surface area contributed by atoms with Crippen LogP contribution in [-0.2, 0) is 13.6 Å². The minimum Gasteiger partial charge on any atom is -0.368 e. The number of aryl methyl sites for hydroxylation is 1. The van der Waals surface area contributed by atoms with Crippen molar-refractivity contribution in [2.24, 2.45) is 7.05 Å². The minimum atomic E-state index is 0.148. The molecule has 3 aromatic rings. The van der Waals surface area contributed by atoms with Crippen molar-refractivity contribution in [2.75, 3.05) is 12.3 Å². The van der Waals surface area contributed by atoms with E-state index < -0.39 is 0 Å². The molecule has 9 heteroatoms. The molecule has 1 unspecified atom stereocenters. The van der Waals surface area contributed by atoms with Gasteiger partial charge in [0, 0.05) is 18.0 Å². The van der Waals surface area contributed by atoms with Gasteiger partial charge in [0.2, 0.25) is 17.7 Å². The predicted molar refractivity (Wildman–Crippen MR) is 85.4 cm³/mol. The van der Waals surface area contributed by atoms with Crippen LogP contribution in [0, 0.1) is 0 Å². The monoisotopic (exact) mass is 331 g/mol. The maximum absolute atomic E-state index is 5.79. The summed E-state index contributed by atoms with van der Waals surface area (Å²) in [4.78, 5) is 11.1. The van der Waals surface area contributed by atoms with Gasteiger partial charge in [-0.2, -0.15) is 26.4 Å². The van der Waals surface area contributed by atoms with Crippen molar-refractivity contribution in [3.63, 3.8) is 0 Å². The third-order valence-electron chi connectivity index (χ3n) is 4.06. The number of anilines is 1. The zero-order valence-corrected chi connectivity index (χ0v) is 13.5. The van der Waals surface area contributed by atoms with Crippen LogP contribution >= 0.6 is 11.3 Å². The third kappa shape index (κ3) is 2.73. The summed E-state index contributed by atoms with van der Waals surface area (Å²) in [5.41, 5.74) is 6.78. The first kappa shape index (κ1) is 14.3. The highest BCUT2D eigenvalue weighted by atomic mass is 32.1. The molecule has 0 amide bonds. The van der Waals surface area contributed by atoms with Gasteiger partial charge in [-0.25, -0.2) is 4.68 Å². The van der Waals surface area contributed by atoms with Crippen LogP contribution in [0.2, 0.25) is 0 Å². The van der Waals surface area contributed by atoms with E-state index in [9.17, 15) is 0 Å². The van der Waals surface area contributed by atoms with E-state index >= 15 is 0 Å². The highest BCUT2D eigenvalue weighted by Gasteiger charge is 2.31. The van der Waals surface area contributed by atoms with Crippen LogP contribution < -0.4 is 5.73 Å². The standard InChI is InChI=1S/C14H17N7OS/c1-20-14(15)17-13(18-20)10-3-2-5-21(10)7-11-16-12(19-22-11)9-4-6-23-8-9/h4,6,8,10H,2-3,5,7H2,1H3,(H2,15,17,18). The Morgan fingerprint density at radius 1 is 1.43 bits per heavy atom. The average Bonchev–Trinajstić information content (AvgIpc) is 3.29. The van der Waals surface area contributed by atoms with Crippen molar-refractivity contribution in [3.05, 3.63) is 28.5 Å². The Morgan fingerprint density at radius 3 is 3.09 bits per heavy atom. The maximum Gasteiger partial charge on any atom is 0.241 e. The smallest absolute Gasteiger partial charge is 0.241 e. The van der Waals surface area contributed by atoms with Crippen molar-refractivity contribution in [2.45, 2.75) is 25.4 Å². The van der Waals surface area contributed by atoms with E-state index in [0.717, 1.165) is 30.8 Å². The van der Waals surface area contributed by atoms with E-state index in [-0.39, 0.29) is 6.04 Å². The minimum absolute atomic E-state index is 0.148. The zero-order valence-electron chi connectivity index (χ0n) is 12.7. The second-order valence-electron chi connectivity index (χ2n) is 5.60. The lowest BCUT2D eigenvalue weighted by atomic mass is 10.2. The number of nitrogen functional groups attached to an aromatic ring is 1. The topological polar surface area (TPSA) is 98.9 Å². The van der Waals surface area contributed by atoms with E-state index in [4.69, 9.17) is 10.3 Å². The number of hydrogen-bond donors (Lipinski definition) is 1. The second kappa shape index (κ2) is 5.74. The molecular weight excluding hydrogens is 314 g/mol. The average molecular weight is 331 g/mol. The van der Waals surface area contributed by atoms with Gasteiger partial charge in [0.05, 0.1) is 12.6 Å². The molecular formula is C14H17N7OS. The molecule has 0 saturated carbocycles. The summed E-state index contributed by atoms with van der Waals surface area (Å²) in [7, 11) is 1.80. The molecule has 0 spiro atoms. The summed E-state index contributed by atoms with van der Waals surface area (Å²) in [6.45, 7) is 1.55. The van der Waals surface area contributed by atoms with E-state index in [1.54, 1.807) is 23.1 Å². The molecule has 4 heterocycles. The number of nitrogens with two attached hydrogens (primary N) is 1. The van der Waals surface area contributed by atoms with Crippen LogP contribution in [0.3, 0.4) is 0 Å². The zero-order chi connectivity index (χ0) is 15.8. The lowest BCUT2D eigenvalue weighted by molar-refractivity contribution is 0.206. The van der Waals surface area contributed by atoms with Crippen LogP contribution in [0.15, 0.2) is 21.3 Å². The quantitative estimate of drug-likeness (QED) is 0.778. The molecule has 1 aliphatic rings. The van der Waals surface area contributed by atoms with E-state index in [0.29, 0.717) is 24.2 Å². The van der Waals surface area contributed by atoms with Gasteiger partial charge in [-0.05, 0) is 30.8 Å². The molecule has 1 fully saturated rings. The fraction of sp³-hybridized carbons (Fsp3) is 0.429. The Balaban J connectivity index is 1.51. The number of aromatic nitrogens is 5. The van der Waals surface area contributed by atoms with Crippen LogP contribution in [0.1, 0.15) is 30.6 Å². The third-order valence-corrected chi connectivity index (χ3v) is 4.74. The number of thiophene rings is 1. The summed E-state index contributed by atoms with van der Waals surface area (Å²) >= 11 is 1.62. The summed E-state index contributed by atoms with van der Waals surface area (Å²) in [5.74, 6) is 2.45. The highest BCUT2D eigenvalue weighted by Crippen LogP contribution is 2.31. The van der Waals surface area contributed by atoms with Gasteiger partial charge >= 0.3 is 0 Å². The van der Waals surface area contributed by atoms with Crippen molar-refractivity contribution in [1.82, 2.24) is 29.8 Å². The Hall–Kier alpha value is -2.26. The van der Waals surface area contributed by atoms with Crippen molar-refractivity contribution < 1.29 is 4.52 Å².